The Kier molecular flexibility index (Phi) is 18.8. The molecule has 4 N–H and O–H groups in total. The van der Waals surface area contributed by atoms with Gasteiger partial charge >= 0.3 is 6.03 Å². The van der Waals surface area contributed by atoms with Crippen LogP contribution < -0.4 is 16.4 Å². The first kappa shape index (κ1) is 37.1. The van der Waals surface area contributed by atoms with Crippen molar-refractivity contribution in [3.05, 3.63) is 71.4 Å². The first-order valence-corrected chi connectivity index (χ1v) is 15.2. The van der Waals surface area contributed by atoms with Crippen LogP contribution in [-0.2, 0) is 16.0 Å². The summed E-state index contributed by atoms with van der Waals surface area (Å²) in [6.07, 6.45) is 2.52. The Morgan fingerprint density at radius 2 is 1.79 bits per heavy atom. The van der Waals surface area contributed by atoms with Crippen LogP contribution in [0.25, 0.3) is 0 Å². The third kappa shape index (κ3) is 14.2. The summed E-state index contributed by atoms with van der Waals surface area (Å²) in [6.45, 7) is 11.5. The number of rotatable bonds is 11. The number of benzene rings is 2. The van der Waals surface area contributed by atoms with Crippen LogP contribution in [0.3, 0.4) is 0 Å². The molecule has 1 saturated heterocycles. The number of halogens is 1. The highest BCUT2D eigenvalue weighted by molar-refractivity contribution is 8.03. The Morgan fingerprint density at radius 1 is 1.14 bits per heavy atom. The zero-order valence-electron chi connectivity index (χ0n) is 25.5. The van der Waals surface area contributed by atoms with Crippen molar-refractivity contribution in [2.45, 2.75) is 32.4 Å². The number of hydrogen-bond donors (Lipinski definition) is 3. The van der Waals surface area contributed by atoms with Crippen molar-refractivity contribution in [3.63, 3.8) is 0 Å². The number of primary amides is 1. The van der Waals surface area contributed by atoms with Crippen LogP contribution in [0.4, 0.5) is 20.6 Å². The van der Waals surface area contributed by atoms with Crippen LogP contribution in [0.2, 0.25) is 0 Å². The van der Waals surface area contributed by atoms with E-state index in [0.717, 1.165) is 61.5 Å². The molecule has 4 amide bonds. The van der Waals surface area contributed by atoms with Crippen molar-refractivity contribution in [2.24, 2.45) is 5.73 Å². The molecule has 3 rings (SSSR count). The Labute approximate surface area is 259 Å². The molecule has 1 fully saturated rings. The van der Waals surface area contributed by atoms with E-state index in [9.17, 15) is 14.0 Å². The predicted molar refractivity (Wildman–Crippen MR) is 173 cm³/mol. The van der Waals surface area contributed by atoms with Crippen molar-refractivity contribution < 1.29 is 18.8 Å². The summed E-state index contributed by atoms with van der Waals surface area (Å²) >= 11 is 1.16. The molecule has 12 heteroatoms. The number of carbonyl (C=O) groups excluding carboxylic acids is 3. The van der Waals surface area contributed by atoms with E-state index in [-0.39, 0.29) is 25.2 Å². The third-order valence-electron chi connectivity index (χ3n) is 6.32. The molecule has 2 aromatic rings. The van der Waals surface area contributed by atoms with Gasteiger partial charge in [-0.25, -0.2) is 9.18 Å². The second-order valence-electron chi connectivity index (χ2n) is 9.19. The minimum atomic E-state index is -0.658. The Hall–Kier alpha value is -3.92. The first-order valence-electron chi connectivity index (χ1n) is 14.3. The van der Waals surface area contributed by atoms with Gasteiger partial charge in [0.25, 0.3) is 0 Å². The van der Waals surface area contributed by atoms with Crippen LogP contribution in [0.1, 0.15) is 26.3 Å². The zero-order valence-corrected chi connectivity index (χ0v) is 26.3. The monoisotopic (exact) mass is 613 g/mol. The average Bonchev–Trinajstić information content (AvgIpc) is 3.01. The van der Waals surface area contributed by atoms with Gasteiger partial charge in [-0.15, -0.1) is 11.8 Å². The van der Waals surface area contributed by atoms with E-state index in [1.165, 1.54) is 29.8 Å². The number of anilines is 2. The largest absolute Gasteiger partial charge is 0.383 e. The fraction of sp³-hybridized carbons (Fsp3) is 0.419. The third-order valence-corrected chi connectivity index (χ3v) is 7.31. The van der Waals surface area contributed by atoms with Crippen LogP contribution in [0.5, 0.6) is 0 Å². The van der Waals surface area contributed by atoms with Crippen molar-refractivity contribution in [1.82, 2.24) is 14.7 Å². The lowest BCUT2D eigenvalue weighted by Crippen LogP contribution is -2.46. The van der Waals surface area contributed by atoms with Gasteiger partial charge in [0.05, 0.1) is 6.07 Å². The van der Waals surface area contributed by atoms with Gasteiger partial charge in [0.15, 0.2) is 0 Å². The maximum absolute atomic E-state index is 13.5. The number of thioether (sulfide) groups is 1. The van der Waals surface area contributed by atoms with E-state index in [2.05, 4.69) is 45.3 Å². The number of nitrogens with two attached hydrogens (primary N) is 1. The summed E-state index contributed by atoms with van der Waals surface area (Å²) in [5.41, 5.74) is 6.54. The van der Waals surface area contributed by atoms with Gasteiger partial charge in [-0.05, 0) is 61.7 Å². The molecule has 0 bridgehead atoms. The molecule has 1 aliphatic heterocycles. The SMILES string of the molecule is CC.CCN(C(=O)Nc1cccc(F)c1)C(=O)C(CNc1ccc(CCN2CCN(C)CC2)cc1)S/C=C/C#N.NC=O. The van der Waals surface area contributed by atoms with Gasteiger partial charge < -0.3 is 26.2 Å². The Morgan fingerprint density at radius 3 is 2.37 bits per heavy atom. The van der Waals surface area contributed by atoms with Crippen LogP contribution >= 0.6 is 11.8 Å². The molecule has 43 heavy (non-hydrogen) atoms. The van der Waals surface area contributed by atoms with Crippen LogP contribution in [-0.4, -0.2) is 91.2 Å². The number of nitriles is 1. The molecule has 10 nitrogen and oxygen atoms in total. The molecular formula is C31H44FN7O3S. The van der Waals surface area contributed by atoms with E-state index < -0.39 is 23.0 Å². The van der Waals surface area contributed by atoms with Gasteiger partial charge in [0.2, 0.25) is 12.3 Å². The quantitative estimate of drug-likeness (QED) is 0.251. The molecule has 0 saturated carbocycles. The van der Waals surface area contributed by atoms with Crippen LogP contribution in [0.15, 0.2) is 60.0 Å². The fourth-order valence-electron chi connectivity index (χ4n) is 4.05. The van der Waals surface area contributed by atoms with E-state index in [4.69, 9.17) is 10.1 Å². The summed E-state index contributed by atoms with van der Waals surface area (Å²) < 4.78 is 13.5. The Bertz CT molecular complexity index is 1180. The van der Waals surface area contributed by atoms with E-state index >= 15 is 0 Å². The first-order chi connectivity index (χ1) is 20.8. The summed E-state index contributed by atoms with van der Waals surface area (Å²) in [7, 11) is 2.15. The normalized spacial score (nSPS) is 13.8. The zero-order chi connectivity index (χ0) is 32.0. The molecule has 234 valence electrons. The van der Waals surface area contributed by atoms with Gasteiger partial charge in [0.1, 0.15) is 11.1 Å². The highest BCUT2D eigenvalue weighted by Gasteiger charge is 2.28. The molecule has 0 radical (unpaired) electrons. The lowest BCUT2D eigenvalue weighted by molar-refractivity contribution is -0.127. The lowest BCUT2D eigenvalue weighted by atomic mass is 10.1. The number of urea groups is 1. The number of amides is 4. The highest BCUT2D eigenvalue weighted by atomic mass is 32.2. The average molecular weight is 614 g/mol. The number of piperazine rings is 1. The topological polar surface area (TPSA) is 135 Å². The van der Waals surface area contributed by atoms with Crippen LogP contribution in [0, 0.1) is 17.1 Å². The standard InChI is InChI=1S/C28H35FN6O2S.C2H6.CH3NO/c1-3-35(28(37)32-25-7-4-6-23(29)20-25)27(36)26(38-19-5-13-30)21-31-24-10-8-22(9-11-24)12-14-34-17-15-33(2)16-18-34;1-2;2-1-3/h4-11,19-20,26,31H,3,12,14-18,21H2,1-2H3,(H,32,37);1-2H3;1H,(H2,2,3)/b19-5+;;. The number of nitrogens with one attached hydrogen (secondary N) is 2. The number of carbonyl (C=O) groups is 3. The predicted octanol–water partition coefficient (Wildman–Crippen LogP) is 4.37. The molecule has 0 aliphatic carbocycles. The van der Waals surface area contributed by atoms with E-state index in [0.29, 0.717) is 0 Å². The molecule has 0 aromatic heterocycles. The number of likely N-dealkylation sites (N-methyl/N-ethyl adjacent to an activating group) is 1. The molecule has 1 unspecified atom stereocenters. The van der Waals surface area contributed by atoms with Crippen molar-refractivity contribution in [2.75, 3.05) is 63.5 Å². The maximum atomic E-state index is 13.5. The second kappa shape index (κ2) is 21.7. The molecule has 1 atom stereocenters. The van der Waals surface area contributed by atoms with Gasteiger partial charge in [0, 0.05) is 63.3 Å². The maximum Gasteiger partial charge on any atom is 0.328 e. The number of imide groups is 1. The fourth-order valence-corrected chi connectivity index (χ4v) is 4.80. The summed E-state index contributed by atoms with van der Waals surface area (Å²) in [5.74, 6) is -0.896. The Balaban J connectivity index is 0.00000174. The molecule has 1 aliphatic rings. The molecular weight excluding hydrogens is 569 g/mol. The lowest BCUT2D eigenvalue weighted by Gasteiger charge is -2.32. The number of hydrogen-bond acceptors (Lipinski definition) is 8. The summed E-state index contributed by atoms with van der Waals surface area (Å²) in [4.78, 5) is 40.6. The highest BCUT2D eigenvalue weighted by Crippen LogP contribution is 2.19. The van der Waals surface area contributed by atoms with Gasteiger partial charge in [-0.2, -0.15) is 5.26 Å². The van der Waals surface area contributed by atoms with Crippen molar-refractivity contribution >= 4 is 41.5 Å². The minimum absolute atomic E-state index is 0.140. The number of nitrogens with zero attached hydrogens (tertiary/aromatic N) is 4. The second-order valence-corrected chi connectivity index (χ2v) is 10.3. The van der Waals surface area contributed by atoms with E-state index in [1.54, 1.807) is 18.4 Å². The smallest absolute Gasteiger partial charge is 0.328 e. The van der Waals surface area contributed by atoms with Crippen molar-refractivity contribution in [3.8, 4) is 6.07 Å². The summed E-state index contributed by atoms with van der Waals surface area (Å²) in [6, 6.07) is 14.9. The molecule has 1 heterocycles. The van der Waals surface area contributed by atoms with Gasteiger partial charge in [-0.1, -0.05) is 32.0 Å². The van der Waals surface area contributed by atoms with E-state index in [1.807, 2.05) is 32.0 Å². The summed E-state index contributed by atoms with van der Waals surface area (Å²) in [5, 5.41) is 15.6. The number of allylic oxidation sites excluding steroid dienone is 1. The van der Waals surface area contributed by atoms with Gasteiger partial charge in [-0.3, -0.25) is 14.5 Å². The minimum Gasteiger partial charge on any atom is -0.383 e. The van der Waals surface area contributed by atoms with Crippen molar-refractivity contribution in [1.29, 1.82) is 5.26 Å². The molecule has 0 spiro atoms. The molecule has 2 aromatic carbocycles.